The van der Waals surface area contributed by atoms with Crippen molar-refractivity contribution in [3.05, 3.63) is 77.9 Å². The molecule has 0 amide bonds. The molecule has 3 rings (SSSR count). The highest BCUT2D eigenvalue weighted by molar-refractivity contribution is 5.85. The highest BCUT2D eigenvalue weighted by atomic mass is 16.7. The molecule has 0 bridgehead atoms. The van der Waals surface area contributed by atoms with Crippen LogP contribution in [0.15, 0.2) is 66.7 Å². The number of rotatable bonds is 8. The number of hydrogen-bond acceptors (Lipinski definition) is 2. The molecule has 0 saturated heterocycles. The lowest BCUT2D eigenvalue weighted by molar-refractivity contribution is -0.0653. The predicted molar refractivity (Wildman–Crippen MR) is 109 cm³/mol. The van der Waals surface area contributed by atoms with Gasteiger partial charge in [-0.15, -0.1) is 0 Å². The molecule has 0 heterocycles. The normalized spacial score (nSPS) is 13.5. The zero-order valence-corrected chi connectivity index (χ0v) is 15.9. The molecule has 0 N–H and O–H groups in total. The van der Waals surface area contributed by atoms with Gasteiger partial charge in [0.05, 0.1) is 6.61 Å². The molecule has 2 unspecified atom stereocenters. The summed E-state index contributed by atoms with van der Waals surface area (Å²) < 4.78 is 11.8. The van der Waals surface area contributed by atoms with Gasteiger partial charge in [0.2, 0.25) is 0 Å². The fraction of sp³-hybridized carbons (Fsp3) is 0.333. The molecule has 136 valence electrons. The summed E-state index contributed by atoms with van der Waals surface area (Å²) in [5, 5.41) is 2.57. The van der Waals surface area contributed by atoms with Crippen molar-refractivity contribution in [2.45, 2.75) is 45.8 Å². The zero-order valence-electron chi connectivity index (χ0n) is 15.9. The SMILES string of the molecule is CCC(C)c1ccc(OC(C)OCCc2cccc3ccccc23)cc1. The van der Waals surface area contributed by atoms with Crippen LogP contribution in [-0.4, -0.2) is 12.9 Å². The topological polar surface area (TPSA) is 18.5 Å². The van der Waals surface area contributed by atoms with Crippen LogP contribution in [0.25, 0.3) is 10.8 Å². The summed E-state index contributed by atoms with van der Waals surface area (Å²) in [6.45, 7) is 7.04. The van der Waals surface area contributed by atoms with Crippen LogP contribution in [0.2, 0.25) is 0 Å². The molecule has 0 aromatic heterocycles. The molecule has 2 atom stereocenters. The van der Waals surface area contributed by atoms with E-state index in [1.54, 1.807) is 0 Å². The van der Waals surface area contributed by atoms with Crippen molar-refractivity contribution < 1.29 is 9.47 Å². The lowest BCUT2D eigenvalue weighted by Gasteiger charge is -2.17. The highest BCUT2D eigenvalue weighted by Crippen LogP contribution is 2.22. The molecular formula is C24H28O2. The summed E-state index contributed by atoms with van der Waals surface area (Å²) in [6.07, 6.45) is 1.76. The van der Waals surface area contributed by atoms with Crippen LogP contribution < -0.4 is 4.74 Å². The first-order valence-electron chi connectivity index (χ1n) is 9.52. The molecule has 0 aliphatic heterocycles. The second kappa shape index (κ2) is 8.86. The Morgan fingerprint density at radius 2 is 1.58 bits per heavy atom. The average Bonchev–Trinajstić information content (AvgIpc) is 2.68. The van der Waals surface area contributed by atoms with Gasteiger partial charge < -0.3 is 9.47 Å². The fourth-order valence-corrected chi connectivity index (χ4v) is 3.18. The smallest absolute Gasteiger partial charge is 0.196 e. The van der Waals surface area contributed by atoms with E-state index in [-0.39, 0.29) is 6.29 Å². The van der Waals surface area contributed by atoms with Crippen LogP contribution >= 0.6 is 0 Å². The van der Waals surface area contributed by atoms with E-state index in [0.29, 0.717) is 12.5 Å². The van der Waals surface area contributed by atoms with E-state index in [1.165, 1.54) is 21.9 Å². The molecular weight excluding hydrogens is 320 g/mol. The third-order valence-corrected chi connectivity index (χ3v) is 4.97. The van der Waals surface area contributed by atoms with Crippen LogP contribution in [0, 0.1) is 0 Å². The third-order valence-electron chi connectivity index (χ3n) is 4.97. The maximum Gasteiger partial charge on any atom is 0.196 e. The van der Waals surface area contributed by atoms with Gasteiger partial charge in [-0.2, -0.15) is 0 Å². The fourth-order valence-electron chi connectivity index (χ4n) is 3.18. The minimum Gasteiger partial charge on any atom is -0.465 e. The largest absolute Gasteiger partial charge is 0.465 e. The second-order valence-electron chi connectivity index (χ2n) is 6.82. The van der Waals surface area contributed by atoms with Gasteiger partial charge >= 0.3 is 0 Å². The van der Waals surface area contributed by atoms with Gasteiger partial charge in [0.15, 0.2) is 6.29 Å². The van der Waals surface area contributed by atoms with Crippen molar-refractivity contribution in [2.24, 2.45) is 0 Å². The monoisotopic (exact) mass is 348 g/mol. The second-order valence-corrected chi connectivity index (χ2v) is 6.82. The maximum atomic E-state index is 5.89. The Bertz CT molecular complexity index is 818. The number of ether oxygens (including phenoxy) is 2. The van der Waals surface area contributed by atoms with E-state index in [1.807, 2.05) is 19.1 Å². The highest BCUT2D eigenvalue weighted by Gasteiger charge is 2.07. The molecule has 2 heteroatoms. The van der Waals surface area contributed by atoms with E-state index < -0.39 is 0 Å². The van der Waals surface area contributed by atoms with E-state index in [2.05, 4.69) is 68.4 Å². The van der Waals surface area contributed by atoms with Gasteiger partial charge in [0, 0.05) is 0 Å². The molecule has 0 aliphatic rings. The van der Waals surface area contributed by atoms with Gasteiger partial charge in [-0.3, -0.25) is 0 Å². The van der Waals surface area contributed by atoms with Crippen LogP contribution in [0.1, 0.15) is 44.2 Å². The van der Waals surface area contributed by atoms with Crippen LogP contribution in [0.3, 0.4) is 0 Å². The quantitative estimate of drug-likeness (QED) is 0.442. The first-order valence-corrected chi connectivity index (χ1v) is 9.52. The lowest BCUT2D eigenvalue weighted by Crippen LogP contribution is -2.18. The van der Waals surface area contributed by atoms with E-state index in [4.69, 9.17) is 9.47 Å². The molecule has 0 fully saturated rings. The molecule has 26 heavy (non-hydrogen) atoms. The van der Waals surface area contributed by atoms with Gasteiger partial charge in [0.25, 0.3) is 0 Å². The third kappa shape index (κ3) is 4.64. The number of benzene rings is 3. The Hall–Kier alpha value is -2.32. The molecule has 2 nitrogen and oxygen atoms in total. The Kier molecular flexibility index (Phi) is 6.30. The summed E-state index contributed by atoms with van der Waals surface area (Å²) in [5.41, 5.74) is 2.66. The van der Waals surface area contributed by atoms with Crippen molar-refractivity contribution >= 4 is 10.8 Å². The van der Waals surface area contributed by atoms with Crippen molar-refractivity contribution in [3.8, 4) is 5.75 Å². The molecule has 0 aliphatic carbocycles. The number of hydrogen-bond donors (Lipinski definition) is 0. The van der Waals surface area contributed by atoms with Crippen molar-refractivity contribution in [1.82, 2.24) is 0 Å². The molecule has 3 aromatic rings. The molecule has 0 radical (unpaired) electrons. The van der Waals surface area contributed by atoms with Crippen LogP contribution in [-0.2, 0) is 11.2 Å². The maximum absolute atomic E-state index is 5.89. The van der Waals surface area contributed by atoms with Gasteiger partial charge in [-0.25, -0.2) is 0 Å². The van der Waals surface area contributed by atoms with Gasteiger partial charge in [-0.1, -0.05) is 68.4 Å². The van der Waals surface area contributed by atoms with E-state index in [9.17, 15) is 0 Å². The Morgan fingerprint density at radius 3 is 2.35 bits per heavy atom. The summed E-state index contributed by atoms with van der Waals surface area (Å²) in [6, 6.07) is 23.3. The standard InChI is InChI=1S/C24H28O2/c1-4-18(2)20-12-14-23(15-13-20)26-19(3)25-17-16-22-10-7-9-21-8-5-6-11-24(21)22/h5-15,18-19H,4,16-17H2,1-3H3. The van der Waals surface area contributed by atoms with Crippen LogP contribution in [0.5, 0.6) is 5.75 Å². The van der Waals surface area contributed by atoms with Crippen LogP contribution in [0.4, 0.5) is 0 Å². The summed E-state index contributed by atoms with van der Waals surface area (Å²) >= 11 is 0. The lowest BCUT2D eigenvalue weighted by atomic mass is 9.99. The Labute approximate surface area is 156 Å². The minimum atomic E-state index is -0.264. The predicted octanol–water partition coefficient (Wildman–Crippen LogP) is 6.34. The molecule has 0 saturated carbocycles. The Balaban J connectivity index is 1.52. The molecule has 0 spiro atoms. The summed E-state index contributed by atoms with van der Waals surface area (Å²) in [4.78, 5) is 0. The Morgan fingerprint density at radius 1 is 0.846 bits per heavy atom. The van der Waals surface area contributed by atoms with Gasteiger partial charge in [0.1, 0.15) is 5.75 Å². The summed E-state index contributed by atoms with van der Waals surface area (Å²) in [5.74, 6) is 1.44. The van der Waals surface area contributed by atoms with Crippen molar-refractivity contribution in [2.75, 3.05) is 6.61 Å². The minimum absolute atomic E-state index is 0.264. The molecule has 3 aromatic carbocycles. The van der Waals surface area contributed by atoms with Crippen molar-refractivity contribution in [3.63, 3.8) is 0 Å². The zero-order chi connectivity index (χ0) is 18.4. The first-order chi connectivity index (χ1) is 12.7. The first kappa shape index (κ1) is 18.5. The van der Waals surface area contributed by atoms with E-state index >= 15 is 0 Å². The average molecular weight is 348 g/mol. The van der Waals surface area contributed by atoms with Crippen molar-refractivity contribution in [1.29, 1.82) is 0 Å². The van der Waals surface area contributed by atoms with E-state index in [0.717, 1.165) is 18.6 Å². The number of fused-ring (bicyclic) bond motifs is 1. The summed E-state index contributed by atoms with van der Waals surface area (Å²) in [7, 11) is 0. The van der Waals surface area contributed by atoms with Gasteiger partial charge in [-0.05, 0) is 59.7 Å².